The van der Waals surface area contributed by atoms with Gasteiger partial charge in [0.1, 0.15) is 0 Å². The third-order valence-corrected chi connectivity index (χ3v) is 26.5. The van der Waals surface area contributed by atoms with Gasteiger partial charge in [0.15, 0.2) is 0 Å². The molecular weight excluding hydrogens is 1300 g/mol. The fourth-order valence-electron chi connectivity index (χ4n) is 14.7. The first-order valence-electron chi connectivity index (χ1n) is 37.7. The van der Waals surface area contributed by atoms with Crippen molar-refractivity contribution in [2.75, 3.05) is 26.2 Å². The van der Waals surface area contributed by atoms with Crippen LogP contribution in [0.5, 0.6) is 0 Å². The van der Waals surface area contributed by atoms with Crippen LogP contribution in [0.1, 0.15) is 317 Å². The van der Waals surface area contributed by atoms with E-state index in [2.05, 4.69) is 110 Å². The van der Waals surface area contributed by atoms with Crippen LogP contribution in [0.15, 0.2) is 81.1 Å². The fraction of sp³-hybridized carbons (Fsp3) is 0.650. The number of hydrogen-bond donors (Lipinski definition) is 0. The van der Waals surface area contributed by atoms with Crippen molar-refractivity contribution in [1.82, 2.24) is 19.6 Å². The second kappa shape index (κ2) is 40.7. The topological polar surface area (TPSA) is 81.2 Å². The summed E-state index contributed by atoms with van der Waals surface area (Å²) in [4.78, 5) is 75.9. The SMILES string of the molecule is CCCCCCCCCCC(CCCCCCCC)CN1C(=O)C2=C(c3ccc(-c4ccc(C5=C6C(=O)N(CCCCCC)C(c7ccc[se]7)=C6C(=O)N5CCCCCC)[se]4)s3)N(CC(CCCCCCCC)CCCCCCCCCC)C(=O)C2=C1c1cccs1. The molecule has 0 radical (unpaired) electrons. The first-order valence-corrected chi connectivity index (χ1v) is 43.0. The molecule has 2 atom stereocenters. The standard InChI is InChI=1S/C80H118N4O4S2Se2/c1-7-13-19-25-29-31-35-39-47-61(45-37-33-27-21-15-9-3)59-83-73(64-49-43-57-89-64)69-70(80(83)88)74(84(79(69)87)60-62(46-38-34-28-22-16-10-4)48-40-36-32-30-26-20-14-8-2)65-52-51-63(90-65)66-53-54-68(92-66)76-72-71(77(85)82(76)56-42-24-18-12-6)75(67-50-44-58-91-67)81(78(72)86)55-41-23-17-11-5/h43-44,49-54,57-58,61-62H,7-42,45-48,55-56,59-60H2,1-6H3. The fourth-order valence-corrected chi connectivity index (χ4v) is 20.7. The molecule has 506 valence electrons. The molecule has 0 N–H and O–H groups in total. The van der Waals surface area contributed by atoms with Gasteiger partial charge in [0, 0.05) is 0 Å². The van der Waals surface area contributed by atoms with E-state index in [-0.39, 0.29) is 52.6 Å². The third-order valence-electron chi connectivity index (χ3n) is 20.0. The van der Waals surface area contributed by atoms with Gasteiger partial charge in [-0.2, -0.15) is 0 Å². The summed E-state index contributed by atoms with van der Waals surface area (Å²) in [6.45, 7) is 16.1. The van der Waals surface area contributed by atoms with Gasteiger partial charge in [0.05, 0.1) is 0 Å². The Kier molecular flexibility index (Phi) is 32.8. The van der Waals surface area contributed by atoms with Crippen molar-refractivity contribution in [3.63, 3.8) is 0 Å². The first-order chi connectivity index (χ1) is 45.2. The number of unbranched alkanes of at least 4 members (excludes halogenated alkanes) is 30. The van der Waals surface area contributed by atoms with E-state index in [1.165, 1.54) is 184 Å². The molecule has 2 unspecified atom stereocenters. The normalized spacial score (nSPS) is 15.8. The van der Waals surface area contributed by atoms with Crippen LogP contribution in [0.3, 0.4) is 0 Å². The van der Waals surface area contributed by atoms with Gasteiger partial charge in [-0.25, -0.2) is 0 Å². The summed E-state index contributed by atoms with van der Waals surface area (Å²) in [5.74, 6) is 0.666. The predicted octanol–water partition coefficient (Wildman–Crippen LogP) is 22.2. The summed E-state index contributed by atoms with van der Waals surface area (Å²) >= 11 is 3.22. The molecule has 0 aromatic carbocycles. The summed E-state index contributed by atoms with van der Waals surface area (Å²) in [5, 5.41) is 2.11. The van der Waals surface area contributed by atoms with E-state index in [0.29, 0.717) is 60.3 Å². The van der Waals surface area contributed by atoms with Crippen LogP contribution in [0.25, 0.3) is 32.1 Å². The van der Waals surface area contributed by atoms with Crippen LogP contribution in [0.4, 0.5) is 0 Å². The van der Waals surface area contributed by atoms with E-state index < -0.39 is 0 Å². The molecule has 12 heteroatoms. The molecule has 4 aromatic heterocycles. The number of carbonyl (C=O) groups is 4. The van der Waals surface area contributed by atoms with Crippen molar-refractivity contribution in [2.45, 2.75) is 298 Å². The molecule has 0 fully saturated rings. The van der Waals surface area contributed by atoms with Crippen LogP contribution in [-0.4, -0.2) is 98.4 Å². The van der Waals surface area contributed by atoms with E-state index in [9.17, 15) is 0 Å². The number of carbonyl (C=O) groups excluding carboxylic acids is 4. The number of hydrogen-bond acceptors (Lipinski definition) is 6. The Hall–Kier alpha value is -3.76. The zero-order valence-electron chi connectivity index (χ0n) is 58.1. The average Bonchev–Trinajstić information content (AvgIpc) is 1.57. The molecule has 4 aromatic rings. The molecule has 8 heterocycles. The average molecular weight is 1420 g/mol. The maximum atomic E-state index is 16.1. The Morgan fingerprint density at radius 3 is 1.10 bits per heavy atom. The quantitative estimate of drug-likeness (QED) is 0.0326. The van der Waals surface area contributed by atoms with Gasteiger partial charge < -0.3 is 0 Å². The zero-order valence-corrected chi connectivity index (χ0v) is 63.2. The zero-order chi connectivity index (χ0) is 64.9. The predicted molar refractivity (Wildman–Crippen MR) is 395 cm³/mol. The minimum absolute atomic E-state index is 0.00411. The molecule has 0 aliphatic carbocycles. The molecule has 8 nitrogen and oxygen atoms in total. The van der Waals surface area contributed by atoms with Crippen LogP contribution in [-0.2, 0) is 19.2 Å². The number of nitrogens with zero attached hydrogens (tertiary/aromatic N) is 4. The number of fused-ring (bicyclic) bond motifs is 2. The van der Waals surface area contributed by atoms with Gasteiger partial charge in [0.25, 0.3) is 0 Å². The first kappa shape index (κ1) is 74.0. The van der Waals surface area contributed by atoms with Crippen LogP contribution in [0.2, 0.25) is 0 Å². The van der Waals surface area contributed by atoms with Gasteiger partial charge >= 0.3 is 426 Å². The number of amides is 4. The molecule has 0 saturated carbocycles. The molecule has 8 rings (SSSR count). The number of thiophene rings is 2. The van der Waals surface area contributed by atoms with E-state index in [0.717, 1.165) is 123 Å². The van der Waals surface area contributed by atoms with Crippen molar-refractivity contribution in [1.29, 1.82) is 0 Å². The molecule has 4 amide bonds. The van der Waals surface area contributed by atoms with E-state index >= 15 is 19.2 Å². The summed E-state index contributed by atoms with van der Waals surface area (Å²) in [7, 11) is 0. The Morgan fingerprint density at radius 1 is 0.337 bits per heavy atom. The summed E-state index contributed by atoms with van der Waals surface area (Å²) in [6, 6.07) is 17.4. The van der Waals surface area contributed by atoms with Gasteiger partial charge in [0.2, 0.25) is 0 Å². The Balaban J connectivity index is 1.17. The molecule has 4 aliphatic rings. The van der Waals surface area contributed by atoms with E-state index in [4.69, 9.17) is 0 Å². The minimum atomic E-state index is -0.215. The molecule has 4 aliphatic heterocycles. The van der Waals surface area contributed by atoms with Gasteiger partial charge in [-0.15, -0.1) is 0 Å². The summed E-state index contributed by atoms with van der Waals surface area (Å²) in [5.41, 5.74) is 5.83. The summed E-state index contributed by atoms with van der Waals surface area (Å²) in [6.07, 6.45) is 48.2. The van der Waals surface area contributed by atoms with E-state index in [1.807, 2.05) is 9.80 Å². The maximum absolute atomic E-state index is 16.1. The molecule has 92 heavy (non-hydrogen) atoms. The van der Waals surface area contributed by atoms with Crippen molar-refractivity contribution in [3.8, 4) is 9.31 Å². The third kappa shape index (κ3) is 20.2. The Morgan fingerprint density at radius 2 is 0.696 bits per heavy atom. The van der Waals surface area contributed by atoms with Gasteiger partial charge in [-0.3, -0.25) is 0 Å². The van der Waals surface area contributed by atoms with Crippen molar-refractivity contribution >= 4 is 98.1 Å². The van der Waals surface area contributed by atoms with Crippen molar-refractivity contribution in [2.24, 2.45) is 11.8 Å². The molecule has 0 saturated heterocycles. The molecule has 0 spiro atoms. The molecule has 0 bridgehead atoms. The second-order valence-corrected chi connectivity index (χ2v) is 33.7. The van der Waals surface area contributed by atoms with Crippen molar-refractivity contribution < 1.29 is 19.2 Å². The van der Waals surface area contributed by atoms with Gasteiger partial charge in [-0.05, 0) is 0 Å². The second-order valence-electron chi connectivity index (χ2n) is 27.4. The van der Waals surface area contributed by atoms with E-state index in [1.54, 1.807) is 22.7 Å². The van der Waals surface area contributed by atoms with Crippen molar-refractivity contribution in [3.05, 3.63) is 99.8 Å². The van der Waals surface area contributed by atoms with Crippen LogP contribution >= 0.6 is 22.7 Å². The summed E-state index contributed by atoms with van der Waals surface area (Å²) < 4.78 is 3.40. The van der Waals surface area contributed by atoms with Crippen LogP contribution < -0.4 is 0 Å². The monoisotopic (exact) mass is 1420 g/mol. The Bertz CT molecular complexity index is 3010. The van der Waals surface area contributed by atoms with Gasteiger partial charge in [-0.1, -0.05) is 156 Å². The van der Waals surface area contributed by atoms with Crippen LogP contribution in [0, 0.1) is 11.8 Å². The molecular formula is C80H118N4O4S2Se2. The number of rotatable bonds is 51. The Labute approximate surface area is 578 Å².